The number of ether oxygens (including phenoxy) is 5. The molecular weight excluding hydrogens is 352 g/mol. The first-order chi connectivity index (χ1) is 13.2. The molecule has 0 aromatic rings. The summed E-state index contributed by atoms with van der Waals surface area (Å²) in [5, 5.41) is 2.95. The third-order valence-electron chi connectivity index (χ3n) is 3.98. The summed E-state index contributed by atoms with van der Waals surface area (Å²) < 4.78 is 26.8. The van der Waals surface area contributed by atoms with Crippen LogP contribution in [0.3, 0.4) is 0 Å². The van der Waals surface area contributed by atoms with Crippen molar-refractivity contribution in [2.24, 2.45) is 11.7 Å². The minimum atomic E-state index is -0.144. The van der Waals surface area contributed by atoms with Crippen LogP contribution in [0.5, 0.6) is 0 Å². The van der Waals surface area contributed by atoms with Gasteiger partial charge >= 0.3 is 0 Å². The standard InChI is InChI=1S/C19H40N2O6/c1-17(7-4-5-8-20)19(22)21-9-6-10-25-15-18(27-14-12-24-3)16-26-13-11-23-2/h17-18H,4-16,20H2,1-3H3,(H,21,22). The van der Waals surface area contributed by atoms with Gasteiger partial charge in [-0.2, -0.15) is 0 Å². The predicted molar refractivity (Wildman–Crippen MR) is 105 cm³/mol. The molecule has 0 aliphatic rings. The number of amides is 1. The normalized spacial score (nSPS) is 13.5. The van der Waals surface area contributed by atoms with Gasteiger partial charge in [-0.05, 0) is 25.8 Å². The SMILES string of the molecule is COCCOCC(COCCCNC(=O)C(C)CCCCN)OCCOC. The Morgan fingerprint density at radius 1 is 0.926 bits per heavy atom. The summed E-state index contributed by atoms with van der Waals surface area (Å²) in [4.78, 5) is 12.0. The van der Waals surface area contributed by atoms with E-state index in [2.05, 4.69) is 5.32 Å². The van der Waals surface area contributed by atoms with Crippen LogP contribution in [-0.4, -0.2) is 85.6 Å². The van der Waals surface area contributed by atoms with Crippen LogP contribution in [0.1, 0.15) is 32.6 Å². The summed E-state index contributed by atoms with van der Waals surface area (Å²) >= 11 is 0. The smallest absolute Gasteiger partial charge is 0.222 e. The van der Waals surface area contributed by atoms with Gasteiger partial charge in [0.2, 0.25) is 5.91 Å². The minimum Gasteiger partial charge on any atom is -0.382 e. The van der Waals surface area contributed by atoms with Crippen LogP contribution >= 0.6 is 0 Å². The maximum Gasteiger partial charge on any atom is 0.222 e. The number of nitrogens with two attached hydrogens (primary N) is 1. The summed E-state index contributed by atoms with van der Waals surface area (Å²) in [6.45, 7) is 6.80. The average Bonchev–Trinajstić information content (AvgIpc) is 2.67. The van der Waals surface area contributed by atoms with E-state index in [0.717, 1.165) is 25.7 Å². The molecule has 0 saturated carbocycles. The number of hydrogen-bond donors (Lipinski definition) is 2. The Kier molecular flexibility index (Phi) is 19.4. The van der Waals surface area contributed by atoms with Gasteiger partial charge in [-0.15, -0.1) is 0 Å². The fourth-order valence-corrected chi connectivity index (χ4v) is 2.30. The number of unbranched alkanes of at least 4 members (excludes halogenated alkanes) is 1. The highest BCUT2D eigenvalue weighted by atomic mass is 16.6. The Hall–Kier alpha value is -0.770. The lowest BCUT2D eigenvalue weighted by atomic mass is 10.0. The molecule has 3 N–H and O–H groups in total. The first-order valence-corrected chi connectivity index (χ1v) is 9.88. The van der Waals surface area contributed by atoms with E-state index in [1.165, 1.54) is 0 Å². The highest BCUT2D eigenvalue weighted by Crippen LogP contribution is 2.07. The van der Waals surface area contributed by atoms with Crippen molar-refractivity contribution in [3.05, 3.63) is 0 Å². The van der Waals surface area contributed by atoms with Gasteiger partial charge < -0.3 is 34.7 Å². The largest absolute Gasteiger partial charge is 0.382 e. The third kappa shape index (κ3) is 17.1. The minimum absolute atomic E-state index is 0.0280. The van der Waals surface area contributed by atoms with Gasteiger partial charge in [0.1, 0.15) is 6.10 Å². The van der Waals surface area contributed by atoms with Crippen molar-refractivity contribution in [2.75, 3.05) is 73.6 Å². The molecule has 0 aliphatic heterocycles. The lowest BCUT2D eigenvalue weighted by Gasteiger charge is -2.18. The monoisotopic (exact) mass is 392 g/mol. The number of carbonyl (C=O) groups excluding carboxylic acids is 1. The molecule has 0 saturated heterocycles. The molecule has 0 spiro atoms. The van der Waals surface area contributed by atoms with Crippen molar-refractivity contribution in [2.45, 2.75) is 38.7 Å². The van der Waals surface area contributed by atoms with Crippen LogP contribution < -0.4 is 11.1 Å². The van der Waals surface area contributed by atoms with Gasteiger partial charge in [-0.1, -0.05) is 13.3 Å². The highest BCUT2D eigenvalue weighted by Gasteiger charge is 2.12. The molecule has 1 amide bonds. The second-order valence-electron chi connectivity index (χ2n) is 6.46. The lowest BCUT2D eigenvalue weighted by molar-refractivity contribution is -0.124. The molecular formula is C19H40N2O6. The molecule has 0 aromatic carbocycles. The topological polar surface area (TPSA) is 101 Å². The van der Waals surface area contributed by atoms with E-state index in [9.17, 15) is 4.79 Å². The number of rotatable bonds is 20. The fourth-order valence-electron chi connectivity index (χ4n) is 2.30. The van der Waals surface area contributed by atoms with Crippen LogP contribution in [0.4, 0.5) is 0 Å². The fraction of sp³-hybridized carbons (Fsp3) is 0.947. The molecule has 8 heteroatoms. The summed E-state index contributed by atoms with van der Waals surface area (Å²) in [6.07, 6.45) is 3.45. The summed E-state index contributed by atoms with van der Waals surface area (Å²) in [6, 6.07) is 0. The highest BCUT2D eigenvalue weighted by molar-refractivity contribution is 5.78. The van der Waals surface area contributed by atoms with E-state index < -0.39 is 0 Å². The van der Waals surface area contributed by atoms with Gasteiger partial charge in [-0.25, -0.2) is 0 Å². The van der Waals surface area contributed by atoms with E-state index in [1.54, 1.807) is 14.2 Å². The second-order valence-corrected chi connectivity index (χ2v) is 6.46. The Labute approximate surface area is 164 Å². The van der Waals surface area contributed by atoms with E-state index >= 15 is 0 Å². The Morgan fingerprint density at radius 2 is 1.59 bits per heavy atom. The molecule has 2 unspecified atom stereocenters. The number of methoxy groups -OCH3 is 2. The number of hydrogen-bond acceptors (Lipinski definition) is 7. The van der Waals surface area contributed by atoms with E-state index in [1.807, 2.05) is 6.92 Å². The molecule has 162 valence electrons. The number of nitrogens with one attached hydrogen (secondary N) is 1. The van der Waals surface area contributed by atoms with Crippen LogP contribution in [0, 0.1) is 5.92 Å². The quantitative estimate of drug-likeness (QED) is 0.298. The first kappa shape index (κ1) is 26.2. The van der Waals surface area contributed by atoms with Gasteiger partial charge in [0.25, 0.3) is 0 Å². The Balaban J connectivity index is 3.79. The van der Waals surface area contributed by atoms with Gasteiger partial charge in [-0.3, -0.25) is 4.79 Å². The van der Waals surface area contributed by atoms with Gasteiger partial charge in [0.05, 0.1) is 39.6 Å². The summed E-state index contributed by atoms with van der Waals surface area (Å²) in [7, 11) is 3.27. The molecule has 0 aliphatic carbocycles. The van der Waals surface area contributed by atoms with Crippen molar-refractivity contribution in [1.82, 2.24) is 5.32 Å². The van der Waals surface area contributed by atoms with Crippen molar-refractivity contribution in [3.63, 3.8) is 0 Å². The molecule has 0 aromatic heterocycles. The Bertz CT molecular complexity index is 333. The van der Waals surface area contributed by atoms with Crippen molar-refractivity contribution >= 4 is 5.91 Å². The van der Waals surface area contributed by atoms with Crippen LogP contribution in [0.15, 0.2) is 0 Å². The van der Waals surface area contributed by atoms with Gasteiger partial charge in [0, 0.05) is 33.3 Å². The maximum atomic E-state index is 12.0. The van der Waals surface area contributed by atoms with Crippen molar-refractivity contribution in [1.29, 1.82) is 0 Å². The molecule has 0 fully saturated rings. The van der Waals surface area contributed by atoms with Crippen molar-refractivity contribution < 1.29 is 28.5 Å². The van der Waals surface area contributed by atoms with Crippen LogP contribution in [0.2, 0.25) is 0 Å². The number of carbonyl (C=O) groups is 1. The molecule has 0 rings (SSSR count). The van der Waals surface area contributed by atoms with Crippen LogP contribution in [-0.2, 0) is 28.5 Å². The average molecular weight is 393 g/mol. The third-order valence-corrected chi connectivity index (χ3v) is 3.98. The maximum absolute atomic E-state index is 12.0. The zero-order valence-corrected chi connectivity index (χ0v) is 17.4. The van der Waals surface area contributed by atoms with Crippen LogP contribution in [0.25, 0.3) is 0 Å². The first-order valence-electron chi connectivity index (χ1n) is 9.88. The predicted octanol–water partition coefficient (Wildman–Crippen LogP) is 0.969. The zero-order chi connectivity index (χ0) is 20.2. The molecule has 8 nitrogen and oxygen atoms in total. The second kappa shape index (κ2) is 20.0. The van der Waals surface area contributed by atoms with E-state index in [0.29, 0.717) is 59.3 Å². The van der Waals surface area contributed by atoms with Gasteiger partial charge in [0.15, 0.2) is 0 Å². The molecule has 0 bridgehead atoms. The summed E-state index contributed by atoms with van der Waals surface area (Å²) in [5.74, 6) is 0.125. The summed E-state index contributed by atoms with van der Waals surface area (Å²) in [5.41, 5.74) is 5.47. The molecule has 2 atom stereocenters. The lowest BCUT2D eigenvalue weighted by Crippen LogP contribution is -2.31. The molecule has 0 heterocycles. The van der Waals surface area contributed by atoms with Crippen molar-refractivity contribution in [3.8, 4) is 0 Å². The van der Waals surface area contributed by atoms with E-state index in [-0.39, 0.29) is 17.9 Å². The molecule has 27 heavy (non-hydrogen) atoms. The Morgan fingerprint density at radius 3 is 2.26 bits per heavy atom. The zero-order valence-electron chi connectivity index (χ0n) is 17.4. The van der Waals surface area contributed by atoms with E-state index in [4.69, 9.17) is 29.4 Å². The molecule has 0 radical (unpaired) electrons.